The van der Waals surface area contributed by atoms with Gasteiger partial charge in [0.2, 0.25) is 0 Å². The molecule has 0 atom stereocenters. The Hall–Kier alpha value is -2.17. The summed E-state index contributed by atoms with van der Waals surface area (Å²) in [6.45, 7) is 0.404. The lowest BCUT2D eigenvalue weighted by Crippen LogP contribution is -2.03. The van der Waals surface area contributed by atoms with E-state index in [4.69, 9.17) is 15.2 Å². The second-order valence-electron chi connectivity index (χ2n) is 3.62. The first kappa shape index (κ1) is 11.3. The maximum absolute atomic E-state index is 5.67. The number of nitrogens with zero attached hydrogens (tertiary/aromatic N) is 2. The molecule has 2 rings (SSSR count). The molecule has 2 N–H and O–H groups in total. The van der Waals surface area contributed by atoms with Gasteiger partial charge in [0.15, 0.2) is 11.5 Å². The highest BCUT2D eigenvalue weighted by atomic mass is 16.5. The fourth-order valence-electron chi connectivity index (χ4n) is 1.56. The van der Waals surface area contributed by atoms with Crippen molar-refractivity contribution in [2.24, 2.45) is 7.05 Å². The van der Waals surface area contributed by atoms with Gasteiger partial charge in [0.1, 0.15) is 12.4 Å². The molecule has 0 bridgehead atoms. The van der Waals surface area contributed by atoms with Crippen molar-refractivity contribution in [1.82, 2.24) is 9.78 Å². The Bertz CT molecular complexity index is 508. The van der Waals surface area contributed by atoms with Crippen molar-refractivity contribution in [2.75, 3.05) is 12.8 Å². The van der Waals surface area contributed by atoms with Crippen molar-refractivity contribution in [1.29, 1.82) is 0 Å². The highest BCUT2D eigenvalue weighted by Gasteiger charge is 2.06. The predicted octanol–water partition coefficient (Wildman–Crippen LogP) is 1.59. The number of benzene rings is 1. The highest BCUT2D eigenvalue weighted by molar-refractivity contribution is 5.39. The van der Waals surface area contributed by atoms with E-state index in [2.05, 4.69) is 5.10 Å². The Morgan fingerprint density at radius 3 is 2.59 bits per heavy atom. The Labute approximate surface area is 99.8 Å². The number of methoxy groups -OCH3 is 1. The van der Waals surface area contributed by atoms with Crippen LogP contribution in [0.4, 0.5) is 5.82 Å². The monoisotopic (exact) mass is 233 g/mol. The Morgan fingerprint density at radius 1 is 1.29 bits per heavy atom. The predicted molar refractivity (Wildman–Crippen MR) is 64.9 cm³/mol. The van der Waals surface area contributed by atoms with E-state index in [1.54, 1.807) is 17.9 Å². The van der Waals surface area contributed by atoms with Crippen LogP contribution in [-0.4, -0.2) is 16.9 Å². The van der Waals surface area contributed by atoms with Crippen LogP contribution in [0.25, 0.3) is 0 Å². The molecule has 5 nitrogen and oxygen atoms in total. The van der Waals surface area contributed by atoms with E-state index in [0.29, 0.717) is 23.9 Å². The molecule has 0 unspecified atom stereocenters. The Kier molecular flexibility index (Phi) is 3.18. The SMILES string of the molecule is COc1ccccc1OCc1cc(N)nn1C. The first-order valence-electron chi connectivity index (χ1n) is 5.25. The van der Waals surface area contributed by atoms with Crippen LogP contribution in [0.3, 0.4) is 0 Å². The zero-order chi connectivity index (χ0) is 12.3. The zero-order valence-corrected chi connectivity index (χ0v) is 9.88. The number of anilines is 1. The standard InChI is InChI=1S/C12H15N3O2/c1-15-9(7-12(13)14-15)8-17-11-6-4-3-5-10(11)16-2/h3-7H,8H2,1-2H3,(H2,13,14). The largest absolute Gasteiger partial charge is 0.493 e. The third kappa shape index (κ3) is 2.50. The summed E-state index contributed by atoms with van der Waals surface area (Å²) in [6.07, 6.45) is 0. The van der Waals surface area contributed by atoms with Gasteiger partial charge in [-0.3, -0.25) is 4.68 Å². The molecule has 0 aliphatic carbocycles. The molecule has 0 aliphatic rings. The molecule has 0 saturated carbocycles. The fourth-order valence-corrected chi connectivity index (χ4v) is 1.56. The molecule has 17 heavy (non-hydrogen) atoms. The molecule has 0 aliphatic heterocycles. The number of para-hydroxylation sites is 2. The minimum absolute atomic E-state index is 0.404. The molecule has 2 aromatic rings. The van der Waals surface area contributed by atoms with Crippen LogP contribution >= 0.6 is 0 Å². The molecule has 1 aromatic carbocycles. The molecular formula is C12H15N3O2. The van der Waals surface area contributed by atoms with Crippen LogP contribution in [-0.2, 0) is 13.7 Å². The van der Waals surface area contributed by atoms with Gasteiger partial charge < -0.3 is 15.2 Å². The quantitative estimate of drug-likeness (QED) is 0.871. The molecule has 1 aromatic heterocycles. The average molecular weight is 233 g/mol. The first-order chi connectivity index (χ1) is 8.20. The number of hydrogen-bond donors (Lipinski definition) is 1. The van der Waals surface area contributed by atoms with Crippen molar-refractivity contribution in [3.63, 3.8) is 0 Å². The third-order valence-electron chi connectivity index (χ3n) is 2.44. The summed E-state index contributed by atoms with van der Waals surface area (Å²) in [5, 5.41) is 4.05. The summed E-state index contributed by atoms with van der Waals surface area (Å²) >= 11 is 0. The van der Waals surface area contributed by atoms with Crippen LogP contribution in [0.5, 0.6) is 11.5 Å². The number of hydrogen-bond acceptors (Lipinski definition) is 4. The van der Waals surface area contributed by atoms with E-state index in [1.165, 1.54) is 0 Å². The maximum atomic E-state index is 5.67. The zero-order valence-electron chi connectivity index (χ0n) is 9.88. The van der Waals surface area contributed by atoms with Crippen molar-refractivity contribution in [3.8, 4) is 11.5 Å². The van der Waals surface area contributed by atoms with E-state index in [0.717, 1.165) is 5.69 Å². The van der Waals surface area contributed by atoms with Crippen LogP contribution in [0, 0.1) is 0 Å². The number of rotatable bonds is 4. The Balaban J connectivity index is 2.09. The van der Waals surface area contributed by atoms with Gasteiger partial charge in [0, 0.05) is 13.1 Å². The molecule has 1 heterocycles. The topological polar surface area (TPSA) is 62.3 Å². The van der Waals surface area contributed by atoms with E-state index in [-0.39, 0.29) is 0 Å². The van der Waals surface area contributed by atoms with Gasteiger partial charge in [-0.05, 0) is 12.1 Å². The van der Waals surface area contributed by atoms with Gasteiger partial charge in [-0.1, -0.05) is 12.1 Å². The first-order valence-corrected chi connectivity index (χ1v) is 5.25. The van der Waals surface area contributed by atoms with Gasteiger partial charge in [0.25, 0.3) is 0 Å². The minimum Gasteiger partial charge on any atom is -0.493 e. The van der Waals surface area contributed by atoms with Gasteiger partial charge in [-0.2, -0.15) is 5.10 Å². The van der Waals surface area contributed by atoms with Crippen LogP contribution in [0.15, 0.2) is 30.3 Å². The summed E-state index contributed by atoms with van der Waals surface area (Å²) in [5.41, 5.74) is 6.50. The number of nitrogen functional groups attached to an aromatic ring is 1. The van der Waals surface area contributed by atoms with Crippen molar-refractivity contribution < 1.29 is 9.47 Å². The molecular weight excluding hydrogens is 218 g/mol. The number of aromatic nitrogens is 2. The Morgan fingerprint density at radius 2 is 2.00 bits per heavy atom. The highest BCUT2D eigenvalue weighted by Crippen LogP contribution is 2.26. The van der Waals surface area contributed by atoms with Gasteiger partial charge in [-0.25, -0.2) is 0 Å². The van der Waals surface area contributed by atoms with Gasteiger partial charge in [-0.15, -0.1) is 0 Å². The van der Waals surface area contributed by atoms with Gasteiger partial charge >= 0.3 is 0 Å². The van der Waals surface area contributed by atoms with E-state index >= 15 is 0 Å². The number of aryl methyl sites for hydroxylation is 1. The summed E-state index contributed by atoms with van der Waals surface area (Å²) < 4.78 is 12.6. The lowest BCUT2D eigenvalue weighted by atomic mass is 10.3. The normalized spacial score (nSPS) is 10.2. The third-order valence-corrected chi connectivity index (χ3v) is 2.44. The van der Waals surface area contributed by atoms with Crippen molar-refractivity contribution in [2.45, 2.75) is 6.61 Å². The molecule has 0 spiro atoms. The molecule has 0 radical (unpaired) electrons. The molecule has 0 amide bonds. The number of nitrogens with two attached hydrogens (primary N) is 1. The molecule has 5 heteroatoms. The summed E-state index contributed by atoms with van der Waals surface area (Å²) in [7, 11) is 3.45. The van der Waals surface area contributed by atoms with Crippen LogP contribution in [0.1, 0.15) is 5.69 Å². The lowest BCUT2D eigenvalue weighted by Gasteiger charge is -2.09. The summed E-state index contributed by atoms with van der Waals surface area (Å²) in [5.74, 6) is 1.91. The minimum atomic E-state index is 0.404. The smallest absolute Gasteiger partial charge is 0.161 e. The van der Waals surface area contributed by atoms with E-state index < -0.39 is 0 Å². The van der Waals surface area contributed by atoms with E-state index in [9.17, 15) is 0 Å². The molecule has 0 saturated heterocycles. The van der Waals surface area contributed by atoms with Crippen molar-refractivity contribution >= 4 is 5.82 Å². The fraction of sp³-hybridized carbons (Fsp3) is 0.250. The summed E-state index contributed by atoms with van der Waals surface area (Å²) in [4.78, 5) is 0. The summed E-state index contributed by atoms with van der Waals surface area (Å²) in [6, 6.07) is 9.30. The molecule has 0 fully saturated rings. The number of ether oxygens (including phenoxy) is 2. The van der Waals surface area contributed by atoms with Crippen molar-refractivity contribution in [3.05, 3.63) is 36.0 Å². The van der Waals surface area contributed by atoms with E-state index in [1.807, 2.05) is 31.3 Å². The van der Waals surface area contributed by atoms with Crippen LogP contribution in [0.2, 0.25) is 0 Å². The van der Waals surface area contributed by atoms with Crippen LogP contribution < -0.4 is 15.2 Å². The van der Waals surface area contributed by atoms with Gasteiger partial charge in [0.05, 0.1) is 12.8 Å². The second kappa shape index (κ2) is 4.78. The molecule has 90 valence electrons. The maximum Gasteiger partial charge on any atom is 0.161 e. The average Bonchev–Trinajstić information content (AvgIpc) is 2.65. The lowest BCUT2D eigenvalue weighted by molar-refractivity contribution is 0.276. The second-order valence-corrected chi connectivity index (χ2v) is 3.62.